The first-order valence-electron chi connectivity index (χ1n) is 22.0. The fourth-order valence-corrected chi connectivity index (χ4v) is 9.29. The average Bonchev–Trinajstić information content (AvgIpc) is 3.91. The maximum atomic E-state index is 13.3. The Morgan fingerprint density at radius 3 is 2.42 bits per heavy atom. The van der Waals surface area contributed by atoms with E-state index in [1.165, 1.54) is 17.9 Å². The van der Waals surface area contributed by atoms with Crippen LogP contribution >= 0.6 is 12.6 Å². The van der Waals surface area contributed by atoms with Gasteiger partial charge in [0.05, 0.1) is 36.2 Å². The Kier molecular flexibility index (Phi) is 17.6. The lowest BCUT2D eigenvalue weighted by atomic mass is 9.81. The van der Waals surface area contributed by atoms with Gasteiger partial charge >= 0.3 is 5.97 Å². The molecule has 4 saturated heterocycles. The molecule has 10 atom stereocenters. The van der Waals surface area contributed by atoms with Gasteiger partial charge in [0, 0.05) is 57.7 Å². The number of rotatable bonds is 19. The summed E-state index contributed by atoms with van der Waals surface area (Å²) in [5.74, 6) is -0.460. The highest BCUT2D eigenvalue weighted by molar-refractivity contribution is 7.81. The van der Waals surface area contributed by atoms with E-state index in [4.69, 9.17) is 18.9 Å². The Labute approximate surface area is 360 Å². The number of nitrogens with zero attached hydrogens (tertiary/aromatic N) is 1. The first-order valence-corrected chi connectivity index (χ1v) is 22.5. The Morgan fingerprint density at radius 2 is 1.75 bits per heavy atom. The number of aliphatic hydroxyl groups excluding tert-OH is 1. The lowest BCUT2D eigenvalue weighted by Gasteiger charge is -2.39. The highest BCUT2D eigenvalue weighted by Crippen LogP contribution is 2.44. The molecule has 5 aliphatic rings. The summed E-state index contributed by atoms with van der Waals surface area (Å²) in [6, 6.07) is -0.0466. The van der Waals surface area contributed by atoms with Crippen LogP contribution in [0.3, 0.4) is 0 Å². The van der Waals surface area contributed by atoms with E-state index in [0.717, 1.165) is 44.1 Å². The van der Waals surface area contributed by atoms with Gasteiger partial charge in [-0.2, -0.15) is 12.6 Å². The monoisotopic (exact) mass is 857 g/mol. The molecular weight excluding hydrogens is 791 g/mol. The molecular formula is C45H67N3O11S. The SMILES string of the molecule is CC(=O)O[C@@H](C)/C=C\C(=O)N[C@@H]1C[C@H](C)[C@H](C/C=C(C)/C=C/[C@H]2O[C@H](CC(=O)CC3CCC(NC(=O)CCCCCN4C(=O)CC(S)C4=O)CC3)C[C@@]3(CO3)[C@@H]2O)O[C@@H]1C. The number of allylic oxidation sites excluding steroid dienone is 2. The number of amides is 4. The number of hydrogen-bond donors (Lipinski definition) is 4. The summed E-state index contributed by atoms with van der Waals surface area (Å²) in [4.78, 5) is 74.7. The second-order valence-corrected chi connectivity index (χ2v) is 18.4. The average molecular weight is 858 g/mol. The van der Waals surface area contributed by atoms with E-state index < -0.39 is 35.1 Å². The van der Waals surface area contributed by atoms with Crippen molar-refractivity contribution in [3.8, 4) is 0 Å². The predicted octanol–water partition coefficient (Wildman–Crippen LogP) is 4.61. The molecule has 5 rings (SSSR count). The largest absolute Gasteiger partial charge is 0.459 e. The molecule has 3 N–H and O–H groups in total. The molecule has 4 heterocycles. The molecule has 15 heteroatoms. The number of epoxide rings is 1. The third-order valence-electron chi connectivity index (χ3n) is 12.6. The van der Waals surface area contributed by atoms with E-state index in [9.17, 15) is 33.9 Å². The molecule has 4 aliphatic heterocycles. The van der Waals surface area contributed by atoms with Gasteiger partial charge in [0.2, 0.25) is 23.6 Å². The van der Waals surface area contributed by atoms with Crippen molar-refractivity contribution in [3.05, 3.63) is 36.0 Å². The van der Waals surface area contributed by atoms with E-state index in [0.29, 0.717) is 51.7 Å². The number of ether oxygens (including phenoxy) is 4. The summed E-state index contributed by atoms with van der Waals surface area (Å²) in [6.07, 6.45) is 15.1. The molecule has 4 amide bonds. The molecule has 0 aromatic carbocycles. The number of carbonyl (C=O) groups excluding carboxylic acids is 6. The number of ketones is 1. The van der Waals surface area contributed by atoms with Crippen molar-refractivity contribution in [1.29, 1.82) is 0 Å². The van der Waals surface area contributed by atoms with Gasteiger partial charge in [-0.1, -0.05) is 37.1 Å². The number of nitrogens with one attached hydrogen (secondary N) is 2. The van der Waals surface area contributed by atoms with Crippen molar-refractivity contribution >= 4 is 48.0 Å². The first kappa shape index (κ1) is 47.7. The molecule has 1 saturated carbocycles. The first-order chi connectivity index (χ1) is 28.5. The summed E-state index contributed by atoms with van der Waals surface area (Å²) >= 11 is 4.15. The van der Waals surface area contributed by atoms with Crippen LogP contribution in [0.2, 0.25) is 0 Å². The maximum absolute atomic E-state index is 13.3. The number of carbonyl (C=O) groups is 6. The van der Waals surface area contributed by atoms with Crippen LogP contribution in [0.4, 0.5) is 0 Å². The highest BCUT2D eigenvalue weighted by Gasteiger charge is 2.58. The molecule has 60 heavy (non-hydrogen) atoms. The van der Waals surface area contributed by atoms with Crippen LogP contribution in [0.1, 0.15) is 125 Å². The zero-order valence-electron chi connectivity index (χ0n) is 36.0. The lowest BCUT2D eigenvalue weighted by Crippen LogP contribution is -2.50. The minimum Gasteiger partial charge on any atom is -0.459 e. The number of likely N-dealkylation sites (tertiary alicyclic amines) is 1. The second kappa shape index (κ2) is 22.1. The minimum absolute atomic E-state index is 0.0142. The predicted molar refractivity (Wildman–Crippen MR) is 227 cm³/mol. The molecule has 14 nitrogen and oxygen atoms in total. The highest BCUT2D eigenvalue weighted by atomic mass is 32.1. The zero-order chi connectivity index (χ0) is 43.6. The smallest absolute Gasteiger partial charge is 0.303 e. The summed E-state index contributed by atoms with van der Waals surface area (Å²) in [6.45, 7) is 9.89. The minimum atomic E-state index is -0.833. The van der Waals surface area contributed by atoms with Crippen LogP contribution in [0, 0.1) is 11.8 Å². The molecule has 1 unspecified atom stereocenters. The van der Waals surface area contributed by atoms with Crippen molar-refractivity contribution < 1.29 is 52.8 Å². The number of hydrogen-bond acceptors (Lipinski definition) is 12. The second-order valence-electron chi connectivity index (χ2n) is 17.8. The quantitative estimate of drug-likeness (QED) is 0.0270. The van der Waals surface area contributed by atoms with Gasteiger partial charge in [0.25, 0.3) is 0 Å². The summed E-state index contributed by atoms with van der Waals surface area (Å²) in [7, 11) is 0. The van der Waals surface area contributed by atoms with Crippen LogP contribution in [0.5, 0.6) is 0 Å². The number of esters is 1. The van der Waals surface area contributed by atoms with Gasteiger partial charge in [0.1, 0.15) is 29.7 Å². The normalized spacial score (nSPS) is 34.0. The van der Waals surface area contributed by atoms with E-state index in [1.54, 1.807) is 13.0 Å². The van der Waals surface area contributed by atoms with Gasteiger partial charge in [-0.05, 0) is 90.0 Å². The van der Waals surface area contributed by atoms with E-state index in [1.807, 2.05) is 26.0 Å². The lowest BCUT2D eigenvalue weighted by molar-refractivity contribution is -0.145. The van der Waals surface area contributed by atoms with E-state index in [2.05, 4.69) is 36.3 Å². The Bertz CT molecular complexity index is 1640. The van der Waals surface area contributed by atoms with Gasteiger partial charge in [-0.25, -0.2) is 0 Å². The van der Waals surface area contributed by atoms with Crippen molar-refractivity contribution in [2.24, 2.45) is 11.8 Å². The third-order valence-corrected chi connectivity index (χ3v) is 13.0. The fraction of sp³-hybridized carbons (Fsp3) is 0.733. The topological polar surface area (TPSA) is 190 Å². The molecule has 1 aliphatic carbocycles. The van der Waals surface area contributed by atoms with Crippen molar-refractivity contribution in [1.82, 2.24) is 15.5 Å². The molecule has 334 valence electrons. The van der Waals surface area contributed by atoms with Crippen LogP contribution in [-0.2, 0) is 47.7 Å². The third kappa shape index (κ3) is 14.1. The standard InChI is InChI=1S/C45H67N3O11S/c1-27(10-17-37-28(2)21-36(30(4)58-37)47-41(52)19-12-29(3)57-31(5)49)11-18-38-43(54)45(26-56-45)25-35(59-38)23-34(50)22-32-13-15-33(16-14-32)46-40(51)9-7-6-8-20-48-42(53)24-39(60)44(48)55/h10-12,18-19,28-30,32-33,35-39,43,54,60H,6-9,13-17,20-26H2,1-5H3,(H,46,51)(H,47,52)/b18-11+,19-12-,27-10+/t28-,29-,30+,32?,33?,35+,36+,37-,38+,39?,43+,45+/m0/s1. The number of imide groups is 1. The van der Waals surface area contributed by atoms with Crippen LogP contribution < -0.4 is 10.6 Å². The molecule has 1 spiro atoms. The maximum Gasteiger partial charge on any atom is 0.303 e. The molecule has 0 aromatic rings. The zero-order valence-corrected chi connectivity index (χ0v) is 36.9. The Balaban J connectivity index is 0.987. The van der Waals surface area contributed by atoms with Crippen LogP contribution in [0.25, 0.3) is 0 Å². The number of aliphatic hydroxyl groups is 1. The van der Waals surface area contributed by atoms with Crippen molar-refractivity contribution in [2.45, 2.75) is 184 Å². The van der Waals surface area contributed by atoms with Gasteiger partial charge in [0.15, 0.2) is 0 Å². The summed E-state index contributed by atoms with van der Waals surface area (Å²) < 4.78 is 23.4. The van der Waals surface area contributed by atoms with E-state index >= 15 is 0 Å². The molecule has 0 bridgehead atoms. The number of Topliss-reactive ketones (excluding diaryl/α,β-unsaturated/α-hetero) is 1. The van der Waals surface area contributed by atoms with E-state index in [-0.39, 0.29) is 84.5 Å². The summed E-state index contributed by atoms with van der Waals surface area (Å²) in [5.41, 5.74) is 0.308. The van der Waals surface area contributed by atoms with Gasteiger partial charge in [-0.3, -0.25) is 33.7 Å². The fourth-order valence-electron chi connectivity index (χ4n) is 8.99. The van der Waals surface area contributed by atoms with Gasteiger partial charge in [-0.15, -0.1) is 0 Å². The number of thiol groups is 1. The molecule has 0 radical (unpaired) electrons. The van der Waals surface area contributed by atoms with Crippen molar-refractivity contribution in [3.63, 3.8) is 0 Å². The molecule has 0 aromatic heterocycles. The number of unbranched alkanes of at least 4 members (excludes halogenated alkanes) is 2. The molecule has 5 fully saturated rings. The van der Waals surface area contributed by atoms with Crippen LogP contribution in [0.15, 0.2) is 36.0 Å². The van der Waals surface area contributed by atoms with Crippen LogP contribution in [-0.4, -0.2) is 118 Å². The Morgan fingerprint density at radius 1 is 1.02 bits per heavy atom. The summed E-state index contributed by atoms with van der Waals surface area (Å²) in [5, 5.41) is 16.8. The van der Waals surface area contributed by atoms with Gasteiger partial charge < -0.3 is 34.7 Å². The van der Waals surface area contributed by atoms with Crippen molar-refractivity contribution in [2.75, 3.05) is 13.2 Å². The Hall–Kier alpha value is -3.37.